The van der Waals surface area contributed by atoms with Gasteiger partial charge in [-0.25, -0.2) is 4.98 Å². The second-order valence-corrected chi connectivity index (χ2v) is 4.22. The van der Waals surface area contributed by atoms with Gasteiger partial charge in [0.05, 0.1) is 29.4 Å². The van der Waals surface area contributed by atoms with Crippen molar-refractivity contribution in [3.63, 3.8) is 0 Å². The molecule has 0 saturated heterocycles. The number of aromatic nitrogens is 2. The van der Waals surface area contributed by atoms with Crippen molar-refractivity contribution < 1.29 is 4.74 Å². The zero-order valence-corrected chi connectivity index (χ0v) is 11.1. The number of halogens is 1. The lowest BCUT2D eigenvalue weighted by molar-refractivity contribution is 0.394. The van der Waals surface area contributed by atoms with Crippen LogP contribution in [0.5, 0.6) is 5.88 Å². The number of hydrogen-bond donors (Lipinski definition) is 1. The second kappa shape index (κ2) is 5.47. The summed E-state index contributed by atoms with van der Waals surface area (Å²) in [6, 6.07) is 9.14. The van der Waals surface area contributed by atoms with Crippen LogP contribution >= 0.6 is 15.9 Å². The van der Waals surface area contributed by atoms with Crippen LogP contribution in [0.2, 0.25) is 0 Å². The number of nitriles is 1. The Kier molecular flexibility index (Phi) is 3.75. The molecule has 0 saturated carbocycles. The lowest BCUT2D eigenvalue weighted by atomic mass is 10.2. The highest BCUT2D eigenvalue weighted by molar-refractivity contribution is 9.10. The fourth-order valence-electron chi connectivity index (χ4n) is 1.35. The largest absolute Gasteiger partial charge is 0.480 e. The van der Waals surface area contributed by atoms with Crippen molar-refractivity contribution in [3.05, 3.63) is 40.5 Å². The number of rotatable bonds is 3. The van der Waals surface area contributed by atoms with Crippen LogP contribution < -0.4 is 10.1 Å². The summed E-state index contributed by atoms with van der Waals surface area (Å²) in [5.74, 6) is 0.856. The number of nitrogens with one attached hydrogen (secondary N) is 1. The predicted molar refractivity (Wildman–Crippen MR) is 70.7 cm³/mol. The summed E-state index contributed by atoms with van der Waals surface area (Å²) < 4.78 is 5.76. The van der Waals surface area contributed by atoms with E-state index in [1.807, 2.05) is 6.07 Å². The average molecular weight is 305 g/mol. The first-order chi connectivity index (χ1) is 8.72. The number of ether oxygens (including phenoxy) is 1. The highest BCUT2D eigenvalue weighted by Gasteiger charge is 2.05. The Bertz CT molecular complexity index is 609. The topological polar surface area (TPSA) is 70.8 Å². The monoisotopic (exact) mass is 304 g/mol. The number of benzene rings is 1. The summed E-state index contributed by atoms with van der Waals surface area (Å²) in [6.45, 7) is 0. The van der Waals surface area contributed by atoms with Crippen LogP contribution in [0, 0.1) is 11.3 Å². The molecule has 0 fully saturated rings. The van der Waals surface area contributed by atoms with Crippen molar-refractivity contribution in [1.29, 1.82) is 5.26 Å². The molecule has 0 bridgehead atoms. The highest BCUT2D eigenvalue weighted by atomic mass is 79.9. The van der Waals surface area contributed by atoms with Crippen LogP contribution in [0.3, 0.4) is 0 Å². The van der Waals surface area contributed by atoms with E-state index in [0.29, 0.717) is 21.9 Å². The smallest absolute Gasteiger partial charge is 0.232 e. The van der Waals surface area contributed by atoms with Gasteiger partial charge in [-0.2, -0.15) is 10.2 Å². The molecule has 0 atom stereocenters. The van der Waals surface area contributed by atoms with Crippen LogP contribution in [0.1, 0.15) is 5.56 Å². The van der Waals surface area contributed by atoms with Gasteiger partial charge >= 0.3 is 0 Å². The number of methoxy groups -OCH3 is 1. The summed E-state index contributed by atoms with van der Waals surface area (Å²) in [5, 5.41) is 11.8. The van der Waals surface area contributed by atoms with Gasteiger partial charge in [-0.15, -0.1) is 0 Å². The fraction of sp³-hybridized carbons (Fsp3) is 0.0833. The van der Waals surface area contributed by atoms with E-state index in [1.54, 1.807) is 24.4 Å². The van der Waals surface area contributed by atoms with E-state index < -0.39 is 0 Å². The van der Waals surface area contributed by atoms with Crippen molar-refractivity contribution in [3.8, 4) is 11.9 Å². The maximum Gasteiger partial charge on any atom is 0.232 e. The molecule has 1 aromatic heterocycles. The maximum atomic E-state index is 8.81. The van der Waals surface area contributed by atoms with Gasteiger partial charge in [0, 0.05) is 5.69 Å². The van der Waals surface area contributed by atoms with E-state index in [1.165, 1.54) is 7.11 Å². The third-order valence-corrected chi connectivity index (χ3v) is 2.70. The number of hydrogen-bond acceptors (Lipinski definition) is 5. The summed E-state index contributed by atoms with van der Waals surface area (Å²) in [7, 11) is 1.53. The van der Waals surface area contributed by atoms with Crippen molar-refractivity contribution in [2.45, 2.75) is 0 Å². The number of anilines is 2. The summed E-state index contributed by atoms with van der Waals surface area (Å²) in [5.41, 5.74) is 1.32. The summed E-state index contributed by atoms with van der Waals surface area (Å²) in [6.07, 6.45) is 1.60. The molecule has 5 nitrogen and oxygen atoms in total. The molecule has 6 heteroatoms. The van der Waals surface area contributed by atoms with Gasteiger partial charge in [-0.1, -0.05) is 6.07 Å². The van der Waals surface area contributed by atoms with Gasteiger partial charge in [-0.3, -0.25) is 0 Å². The molecule has 0 aliphatic carbocycles. The zero-order chi connectivity index (χ0) is 13.0. The molecular weight excluding hydrogens is 296 g/mol. The van der Waals surface area contributed by atoms with E-state index in [4.69, 9.17) is 10.00 Å². The molecule has 1 aromatic carbocycles. The Morgan fingerprint density at radius 2 is 2.28 bits per heavy atom. The van der Waals surface area contributed by atoms with Gasteiger partial charge in [0.1, 0.15) is 0 Å². The molecule has 1 N–H and O–H groups in total. The first-order valence-electron chi connectivity index (χ1n) is 5.06. The molecule has 1 heterocycles. The quantitative estimate of drug-likeness (QED) is 0.944. The van der Waals surface area contributed by atoms with Crippen LogP contribution in [0.4, 0.5) is 11.6 Å². The minimum absolute atomic E-state index is 0.408. The third kappa shape index (κ3) is 2.76. The predicted octanol–water partition coefficient (Wildman–Crippen LogP) is 2.86. The third-order valence-electron chi connectivity index (χ3n) is 2.15. The van der Waals surface area contributed by atoms with Crippen LogP contribution in [0.25, 0.3) is 0 Å². The molecule has 0 aliphatic heterocycles. The molecular formula is C12H9BrN4O. The Hall–Kier alpha value is -2.13. The van der Waals surface area contributed by atoms with E-state index >= 15 is 0 Å². The minimum Gasteiger partial charge on any atom is -0.480 e. The Morgan fingerprint density at radius 1 is 1.44 bits per heavy atom. The van der Waals surface area contributed by atoms with Gasteiger partial charge in [0.15, 0.2) is 0 Å². The van der Waals surface area contributed by atoms with Gasteiger partial charge in [-0.05, 0) is 34.1 Å². The molecule has 0 amide bonds. The van der Waals surface area contributed by atoms with Crippen LogP contribution in [-0.4, -0.2) is 17.1 Å². The lowest BCUT2D eigenvalue weighted by Crippen LogP contribution is -1.99. The van der Waals surface area contributed by atoms with E-state index in [9.17, 15) is 0 Å². The Morgan fingerprint density at radius 3 is 3.00 bits per heavy atom. The van der Waals surface area contributed by atoms with Crippen LogP contribution in [0.15, 0.2) is 34.9 Å². The summed E-state index contributed by atoms with van der Waals surface area (Å²) in [4.78, 5) is 8.27. The molecule has 2 aromatic rings. The van der Waals surface area contributed by atoms with Crippen molar-refractivity contribution in [1.82, 2.24) is 9.97 Å². The van der Waals surface area contributed by atoms with Crippen molar-refractivity contribution in [2.75, 3.05) is 12.4 Å². The van der Waals surface area contributed by atoms with Crippen molar-refractivity contribution in [2.24, 2.45) is 0 Å². The van der Waals surface area contributed by atoms with Gasteiger partial charge in [0.25, 0.3) is 0 Å². The molecule has 90 valence electrons. The molecule has 2 rings (SSSR count). The first-order valence-corrected chi connectivity index (χ1v) is 5.86. The molecule has 0 radical (unpaired) electrons. The highest BCUT2D eigenvalue weighted by Crippen LogP contribution is 2.23. The van der Waals surface area contributed by atoms with Gasteiger partial charge < -0.3 is 10.1 Å². The second-order valence-electron chi connectivity index (χ2n) is 3.37. The van der Waals surface area contributed by atoms with Gasteiger partial charge in [0.2, 0.25) is 11.8 Å². The Balaban J connectivity index is 2.26. The minimum atomic E-state index is 0.408. The normalized spacial score (nSPS) is 9.61. The van der Waals surface area contributed by atoms with Crippen LogP contribution in [-0.2, 0) is 0 Å². The van der Waals surface area contributed by atoms with E-state index in [-0.39, 0.29) is 0 Å². The molecule has 0 aliphatic rings. The summed E-state index contributed by atoms with van der Waals surface area (Å²) >= 11 is 3.28. The van der Waals surface area contributed by atoms with E-state index in [0.717, 1.165) is 5.69 Å². The maximum absolute atomic E-state index is 8.81. The Labute approximate surface area is 113 Å². The van der Waals surface area contributed by atoms with Crippen molar-refractivity contribution >= 4 is 27.6 Å². The first kappa shape index (κ1) is 12.3. The fourth-order valence-corrected chi connectivity index (χ4v) is 1.70. The molecule has 18 heavy (non-hydrogen) atoms. The number of nitrogens with zero attached hydrogens (tertiary/aromatic N) is 3. The average Bonchev–Trinajstić information content (AvgIpc) is 2.41. The van der Waals surface area contributed by atoms with E-state index in [2.05, 4.69) is 37.3 Å². The molecule has 0 spiro atoms. The SMILES string of the molecule is COc1nc(Nc2cccc(C#N)c2)ncc1Br. The molecule has 0 unspecified atom stereocenters. The zero-order valence-electron chi connectivity index (χ0n) is 9.51. The standard InChI is InChI=1S/C12H9BrN4O/c1-18-11-10(13)7-15-12(17-11)16-9-4-2-3-8(5-9)6-14/h2-5,7H,1H3,(H,15,16,17). The lowest BCUT2D eigenvalue weighted by Gasteiger charge is -2.07.